The Balaban J connectivity index is 1.49. The number of alkyl halides is 3. The minimum atomic E-state index is -4.50. The van der Waals surface area contributed by atoms with Gasteiger partial charge in [0.25, 0.3) is 0 Å². The lowest BCUT2D eigenvalue weighted by Crippen LogP contribution is -2.31. The molecule has 5 nitrogen and oxygen atoms in total. The van der Waals surface area contributed by atoms with E-state index in [0.717, 1.165) is 24.2 Å². The van der Waals surface area contributed by atoms with Crippen LogP contribution in [0.3, 0.4) is 0 Å². The van der Waals surface area contributed by atoms with Crippen molar-refractivity contribution in [2.24, 2.45) is 0 Å². The van der Waals surface area contributed by atoms with Crippen molar-refractivity contribution < 1.29 is 13.2 Å². The molecule has 1 aliphatic heterocycles. The molecule has 3 aromatic heterocycles. The van der Waals surface area contributed by atoms with E-state index in [9.17, 15) is 13.2 Å². The number of nitrogens with zero attached hydrogens (tertiary/aromatic N) is 5. The molecule has 0 aromatic carbocycles. The van der Waals surface area contributed by atoms with Crippen LogP contribution in [0.15, 0.2) is 36.8 Å². The topological polar surface area (TPSA) is 46.8 Å². The van der Waals surface area contributed by atoms with Crippen LogP contribution < -0.4 is 0 Å². The van der Waals surface area contributed by atoms with Crippen LogP contribution >= 0.6 is 0 Å². The Bertz CT molecular complexity index is 1010. The lowest BCUT2D eigenvalue weighted by atomic mass is 10.1. The average Bonchev–Trinajstić information content (AvgIpc) is 2.95. The van der Waals surface area contributed by atoms with Crippen molar-refractivity contribution in [3.8, 4) is 0 Å². The maximum absolute atomic E-state index is 12.8. The Labute approximate surface area is 167 Å². The van der Waals surface area contributed by atoms with Crippen molar-refractivity contribution in [2.45, 2.75) is 46.1 Å². The molecule has 0 fully saturated rings. The number of halogens is 3. The van der Waals surface area contributed by atoms with Gasteiger partial charge in [-0.3, -0.25) is 9.88 Å². The first kappa shape index (κ1) is 19.6. The Morgan fingerprint density at radius 1 is 1.14 bits per heavy atom. The zero-order valence-electron chi connectivity index (χ0n) is 16.4. The quantitative estimate of drug-likeness (QED) is 0.665. The number of hydrogen-bond donors (Lipinski definition) is 0. The highest BCUT2D eigenvalue weighted by molar-refractivity contribution is 5.29. The summed E-state index contributed by atoms with van der Waals surface area (Å²) in [5, 5.41) is 0. The standard InChI is InChI=1S/C21H22F3N5/c1-14-8-17(15(2)29(14)11-16-4-3-6-25-9-16)12-28-7-5-19-18(13-28)10-26-20(27-19)21(22,23)24/h3-4,6,8-10H,5,7,11-13H2,1-2H3. The molecule has 0 N–H and O–H groups in total. The van der Waals surface area contributed by atoms with Gasteiger partial charge in [0.05, 0.1) is 5.69 Å². The van der Waals surface area contributed by atoms with E-state index in [0.29, 0.717) is 25.2 Å². The van der Waals surface area contributed by atoms with E-state index in [1.807, 2.05) is 12.3 Å². The van der Waals surface area contributed by atoms with Gasteiger partial charge < -0.3 is 4.57 Å². The molecule has 1 aliphatic rings. The van der Waals surface area contributed by atoms with Gasteiger partial charge in [-0.05, 0) is 37.1 Å². The van der Waals surface area contributed by atoms with Crippen molar-refractivity contribution in [3.63, 3.8) is 0 Å². The molecule has 0 aliphatic carbocycles. The summed E-state index contributed by atoms with van der Waals surface area (Å²) < 4.78 is 40.7. The largest absolute Gasteiger partial charge is 0.451 e. The van der Waals surface area contributed by atoms with Gasteiger partial charge in [-0.15, -0.1) is 0 Å². The molecule has 0 amide bonds. The summed E-state index contributed by atoms with van der Waals surface area (Å²) in [6.07, 6.45) is 0.950. The molecule has 0 bridgehead atoms. The first-order valence-electron chi connectivity index (χ1n) is 9.50. The average molecular weight is 401 g/mol. The van der Waals surface area contributed by atoms with Crippen LogP contribution in [0, 0.1) is 13.8 Å². The van der Waals surface area contributed by atoms with E-state index < -0.39 is 12.0 Å². The van der Waals surface area contributed by atoms with E-state index in [-0.39, 0.29) is 0 Å². The molecule has 8 heteroatoms. The third kappa shape index (κ3) is 4.17. The Morgan fingerprint density at radius 2 is 1.97 bits per heavy atom. The number of rotatable bonds is 4. The zero-order chi connectivity index (χ0) is 20.6. The molecule has 3 aromatic rings. The van der Waals surface area contributed by atoms with E-state index >= 15 is 0 Å². The second kappa shape index (κ2) is 7.59. The highest BCUT2D eigenvalue weighted by Crippen LogP contribution is 2.28. The first-order chi connectivity index (χ1) is 13.8. The summed E-state index contributed by atoms with van der Waals surface area (Å²) >= 11 is 0. The Hall–Kier alpha value is -2.74. The monoisotopic (exact) mass is 401 g/mol. The van der Waals surface area contributed by atoms with E-state index in [1.165, 1.54) is 23.1 Å². The normalized spacial score (nSPS) is 14.8. The van der Waals surface area contributed by atoms with Crippen molar-refractivity contribution in [3.05, 3.63) is 76.4 Å². The number of fused-ring (bicyclic) bond motifs is 1. The van der Waals surface area contributed by atoms with Gasteiger partial charge in [0.15, 0.2) is 0 Å². The van der Waals surface area contributed by atoms with Crippen molar-refractivity contribution in [1.29, 1.82) is 0 Å². The summed E-state index contributed by atoms with van der Waals surface area (Å²) in [5.41, 5.74) is 6.02. The van der Waals surface area contributed by atoms with Crippen LogP contribution in [0.25, 0.3) is 0 Å². The highest BCUT2D eigenvalue weighted by atomic mass is 19.4. The second-order valence-electron chi connectivity index (χ2n) is 7.47. The fourth-order valence-corrected chi connectivity index (χ4v) is 3.84. The molecular formula is C21H22F3N5. The third-order valence-electron chi connectivity index (χ3n) is 5.40. The van der Waals surface area contributed by atoms with E-state index in [4.69, 9.17) is 0 Å². The Kier molecular flexibility index (Phi) is 5.12. The molecule has 0 unspecified atom stereocenters. The van der Waals surface area contributed by atoms with Gasteiger partial charge in [0, 0.05) is 68.1 Å². The molecular weight excluding hydrogens is 379 g/mol. The first-order valence-corrected chi connectivity index (χ1v) is 9.50. The van der Waals surface area contributed by atoms with Gasteiger partial charge in [-0.25, -0.2) is 9.97 Å². The number of aryl methyl sites for hydroxylation is 1. The minimum absolute atomic E-state index is 0.495. The number of pyridine rings is 1. The number of hydrogen-bond acceptors (Lipinski definition) is 4. The van der Waals surface area contributed by atoms with Crippen LogP contribution in [0.4, 0.5) is 13.2 Å². The smallest absolute Gasteiger partial charge is 0.344 e. The SMILES string of the molecule is Cc1cc(CN2CCc3nc(C(F)(F)F)ncc3C2)c(C)n1Cc1cccnc1. The molecule has 0 radical (unpaired) electrons. The fraction of sp³-hybridized carbons (Fsp3) is 0.381. The molecule has 0 atom stereocenters. The highest BCUT2D eigenvalue weighted by Gasteiger charge is 2.35. The second-order valence-corrected chi connectivity index (χ2v) is 7.47. The van der Waals surface area contributed by atoms with Crippen molar-refractivity contribution in [2.75, 3.05) is 6.54 Å². The molecule has 29 heavy (non-hydrogen) atoms. The van der Waals surface area contributed by atoms with Gasteiger partial charge in [0.2, 0.25) is 5.82 Å². The van der Waals surface area contributed by atoms with Crippen LogP contribution in [0.2, 0.25) is 0 Å². The van der Waals surface area contributed by atoms with E-state index in [1.54, 1.807) is 6.20 Å². The molecule has 4 heterocycles. The molecule has 152 valence electrons. The maximum atomic E-state index is 12.8. The summed E-state index contributed by atoms with van der Waals surface area (Å²) in [4.78, 5) is 13.7. The molecule has 4 rings (SSSR count). The van der Waals surface area contributed by atoms with Crippen LogP contribution in [-0.2, 0) is 32.2 Å². The van der Waals surface area contributed by atoms with Gasteiger partial charge >= 0.3 is 6.18 Å². The zero-order valence-corrected chi connectivity index (χ0v) is 16.4. The summed E-state index contributed by atoms with van der Waals surface area (Å²) in [6, 6.07) is 6.18. The third-order valence-corrected chi connectivity index (χ3v) is 5.40. The van der Waals surface area contributed by atoms with Crippen LogP contribution in [-0.4, -0.2) is 31.0 Å². The predicted molar refractivity (Wildman–Crippen MR) is 102 cm³/mol. The molecule has 0 saturated carbocycles. The van der Waals surface area contributed by atoms with E-state index in [2.05, 4.69) is 50.4 Å². The number of aromatic nitrogens is 4. The van der Waals surface area contributed by atoms with Gasteiger partial charge in [-0.1, -0.05) is 6.07 Å². The summed E-state index contributed by atoms with van der Waals surface area (Å²) in [6.45, 7) is 6.93. The summed E-state index contributed by atoms with van der Waals surface area (Å²) in [7, 11) is 0. The predicted octanol–water partition coefficient (Wildman–Crippen LogP) is 3.92. The van der Waals surface area contributed by atoms with Crippen LogP contribution in [0.1, 0.15) is 39.6 Å². The van der Waals surface area contributed by atoms with Crippen LogP contribution in [0.5, 0.6) is 0 Å². The molecule has 0 saturated heterocycles. The minimum Gasteiger partial charge on any atom is -0.344 e. The molecule has 0 spiro atoms. The summed E-state index contributed by atoms with van der Waals surface area (Å²) in [5.74, 6) is -1.05. The van der Waals surface area contributed by atoms with Crippen molar-refractivity contribution in [1.82, 2.24) is 24.4 Å². The lowest BCUT2D eigenvalue weighted by Gasteiger charge is -2.28. The fourth-order valence-electron chi connectivity index (χ4n) is 3.84. The lowest BCUT2D eigenvalue weighted by molar-refractivity contribution is -0.145. The Morgan fingerprint density at radius 3 is 2.69 bits per heavy atom. The van der Waals surface area contributed by atoms with Gasteiger partial charge in [0.1, 0.15) is 0 Å². The van der Waals surface area contributed by atoms with Crippen molar-refractivity contribution >= 4 is 0 Å². The maximum Gasteiger partial charge on any atom is 0.451 e. The van der Waals surface area contributed by atoms with Gasteiger partial charge in [-0.2, -0.15) is 13.2 Å².